The molecule has 7 heteroatoms. The number of benzene rings is 3. The van der Waals surface area contributed by atoms with Gasteiger partial charge < -0.3 is 4.74 Å². The minimum absolute atomic E-state index is 0.0854. The second kappa shape index (κ2) is 11.1. The van der Waals surface area contributed by atoms with Gasteiger partial charge in [-0.05, 0) is 54.3 Å². The molecule has 1 amide bonds. The molecule has 0 spiro atoms. The van der Waals surface area contributed by atoms with Gasteiger partial charge in [-0.1, -0.05) is 53.8 Å². The van der Waals surface area contributed by atoms with E-state index in [9.17, 15) is 9.18 Å². The molecule has 1 aliphatic heterocycles. The van der Waals surface area contributed by atoms with E-state index in [0.29, 0.717) is 22.8 Å². The molecule has 0 bridgehead atoms. The molecule has 0 aliphatic carbocycles. The number of ether oxygens (including phenoxy) is 1. The first-order chi connectivity index (χ1) is 17.2. The highest BCUT2D eigenvalue weighted by Gasteiger charge is 2.22. The van der Waals surface area contributed by atoms with E-state index in [4.69, 9.17) is 4.74 Å². The molecule has 1 aromatic heterocycles. The van der Waals surface area contributed by atoms with Crippen LogP contribution in [-0.4, -0.2) is 55.2 Å². The van der Waals surface area contributed by atoms with Gasteiger partial charge in [0.1, 0.15) is 5.82 Å². The summed E-state index contributed by atoms with van der Waals surface area (Å²) in [6, 6.07) is 22.6. The van der Waals surface area contributed by atoms with Crippen LogP contribution in [0.15, 0.2) is 72.8 Å². The zero-order valence-corrected chi connectivity index (χ0v) is 20.3. The van der Waals surface area contributed by atoms with Crippen LogP contribution in [0.25, 0.3) is 10.2 Å². The van der Waals surface area contributed by atoms with E-state index < -0.39 is 0 Å². The quantitative estimate of drug-likeness (QED) is 0.333. The third-order valence-corrected chi connectivity index (χ3v) is 7.27. The molecule has 0 unspecified atom stereocenters. The van der Waals surface area contributed by atoms with Gasteiger partial charge in [-0.2, -0.15) is 0 Å². The van der Waals surface area contributed by atoms with Crippen LogP contribution in [0.2, 0.25) is 0 Å². The standard InChI is InChI=1S/C28H28FN3O2S/c29-24-11-12-25-26(20-24)35-28(30-25)32(14-4-13-31-15-17-34-18-16-31)27(33)23-9-7-22(8-10-23)19-21-5-2-1-3-6-21/h1-3,5-12,20H,4,13-19H2. The van der Waals surface area contributed by atoms with Gasteiger partial charge >= 0.3 is 0 Å². The number of hydrogen-bond donors (Lipinski definition) is 0. The van der Waals surface area contributed by atoms with Crippen molar-refractivity contribution in [3.8, 4) is 0 Å². The summed E-state index contributed by atoms with van der Waals surface area (Å²) in [5.41, 5.74) is 3.72. The van der Waals surface area contributed by atoms with Crippen LogP contribution in [0, 0.1) is 5.82 Å². The van der Waals surface area contributed by atoms with Crippen molar-refractivity contribution in [2.24, 2.45) is 0 Å². The minimum atomic E-state index is -0.299. The fourth-order valence-electron chi connectivity index (χ4n) is 4.32. The fraction of sp³-hybridized carbons (Fsp3) is 0.286. The maximum atomic E-state index is 13.8. The van der Waals surface area contributed by atoms with E-state index in [1.807, 2.05) is 42.5 Å². The lowest BCUT2D eigenvalue weighted by Gasteiger charge is -2.27. The van der Waals surface area contributed by atoms with Crippen LogP contribution >= 0.6 is 11.3 Å². The van der Waals surface area contributed by atoms with Crippen molar-refractivity contribution >= 4 is 32.6 Å². The normalized spacial score (nSPS) is 14.3. The maximum absolute atomic E-state index is 13.8. The minimum Gasteiger partial charge on any atom is -0.379 e. The monoisotopic (exact) mass is 489 g/mol. The number of nitrogens with zero attached hydrogens (tertiary/aromatic N) is 3. The molecule has 0 radical (unpaired) electrons. The molecule has 35 heavy (non-hydrogen) atoms. The van der Waals surface area contributed by atoms with E-state index in [0.717, 1.165) is 56.0 Å². The summed E-state index contributed by atoms with van der Waals surface area (Å²) < 4.78 is 19.9. The van der Waals surface area contributed by atoms with Crippen molar-refractivity contribution in [3.05, 3.63) is 95.3 Å². The Morgan fingerprint density at radius 1 is 1.00 bits per heavy atom. The number of fused-ring (bicyclic) bond motifs is 1. The van der Waals surface area contributed by atoms with Crippen LogP contribution in [0.1, 0.15) is 27.9 Å². The number of thiazole rings is 1. The zero-order valence-electron chi connectivity index (χ0n) is 19.5. The Balaban J connectivity index is 1.34. The summed E-state index contributed by atoms with van der Waals surface area (Å²) in [6.07, 6.45) is 1.64. The Morgan fingerprint density at radius 3 is 2.51 bits per heavy atom. The van der Waals surface area contributed by atoms with Crippen molar-refractivity contribution in [1.29, 1.82) is 0 Å². The first-order valence-electron chi connectivity index (χ1n) is 12.0. The van der Waals surface area contributed by atoms with Crippen LogP contribution in [0.3, 0.4) is 0 Å². The molecule has 5 nitrogen and oxygen atoms in total. The van der Waals surface area contributed by atoms with Crippen LogP contribution in [-0.2, 0) is 11.2 Å². The number of anilines is 1. The van der Waals surface area contributed by atoms with Gasteiger partial charge in [0.25, 0.3) is 5.91 Å². The van der Waals surface area contributed by atoms with Crippen molar-refractivity contribution in [2.75, 3.05) is 44.3 Å². The second-order valence-corrected chi connectivity index (χ2v) is 9.74. The third-order valence-electron chi connectivity index (χ3n) is 6.23. The Bertz CT molecular complexity index is 1270. The molecule has 4 aromatic rings. The Hall–Kier alpha value is -3.13. The summed E-state index contributed by atoms with van der Waals surface area (Å²) in [4.78, 5) is 22.4. The molecular weight excluding hydrogens is 461 g/mol. The van der Waals surface area contributed by atoms with Gasteiger partial charge in [-0.15, -0.1) is 0 Å². The lowest BCUT2D eigenvalue weighted by atomic mass is 10.0. The Morgan fingerprint density at radius 2 is 1.74 bits per heavy atom. The molecule has 5 rings (SSSR count). The summed E-state index contributed by atoms with van der Waals surface area (Å²) >= 11 is 1.35. The topological polar surface area (TPSA) is 45.7 Å². The van der Waals surface area contributed by atoms with Crippen molar-refractivity contribution in [3.63, 3.8) is 0 Å². The molecule has 2 heterocycles. The highest BCUT2D eigenvalue weighted by atomic mass is 32.1. The molecule has 0 N–H and O–H groups in total. The van der Waals surface area contributed by atoms with Gasteiger partial charge in [0, 0.05) is 31.7 Å². The molecule has 0 saturated carbocycles. The highest BCUT2D eigenvalue weighted by molar-refractivity contribution is 7.22. The lowest BCUT2D eigenvalue weighted by Crippen LogP contribution is -2.39. The number of halogens is 1. The number of rotatable bonds is 8. The molecule has 3 aromatic carbocycles. The smallest absolute Gasteiger partial charge is 0.260 e. The SMILES string of the molecule is O=C(c1ccc(Cc2ccccc2)cc1)N(CCCN1CCOCC1)c1nc2ccc(F)cc2s1. The summed E-state index contributed by atoms with van der Waals surface area (Å²) in [5.74, 6) is -0.385. The first-order valence-corrected chi connectivity index (χ1v) is 12.8. The highest BCUT2D eigenvalue weighted by Crippen LogP contribution is 2.30. The maximum Gasteiger partial charge on any atom is 0.260 e. The largest absolute Gasteiger partial charge is 0.379 e. The number of amides is 1. The Labute approximate surface area is 208 Å². The number of carbonyl (C=O) groups excluding carboxylic acids is 1. The third kappa shape index (κ3) is 5.93. The molecule has 1 aliphatic rings. The molecule has 0 atom stereocenters. The van der Waals surface area contributed by atoms with Gasteiger partial charge in [-0.25, -0.2) is 9.37 Å². The Kier molecular flexibility index (Phi) is 7.47. The van der Waals surface area contributed by atoms with Gasteiger partial charge in [-0.3, -0.25) is 14.6 Å². The van der Waals surface area contributed by atoms with Crippen LogP contribution in [0.4, 0.5) is 9.52 Å². The van der Waals surface area contributed by atoms with Crippen molar-refractivity contribution in [1.82, 2.24) is 9.88 Å². The summed E-state index contributed by atoms with van der Waals surface area (Å²) in [7, 11) is 0. The molecular formula is C28H28FN3O2S. The second-order valence-electron chi connectivity index (χ2n) is 8.73. The predicted octanol–water partition coefficient (Wildman–Crippen LogP) is 5.40. The zero-order chi connectivity index (χ0) is 24.0. The van der Waals surface area contributed by atoms with Crippen LogP contribution < -0.4 is 4.90 Å². The van der Waals surface area contributed by atoms with Gasteiger partial charge in [0.2, 0.25) is 0 Å². The molecule has 1 saturated heterocycles. The molecule has 180 valence electrons. The number of carbonyl (C=O) groups is 1. The number of aromatic nitrogens is 1. The average molecular weight is 490 g/mol. The van der Waals surface area contributed by atoms with Gasteiger partial charge in [0.15, 0.2) is 5.13 Å². The fourth-order valence-corrected chi connectivity index (χ4v) is 5.33. The summed E-state index contributed by atoms with van der Waals surface area (Å²) in [6.45, 7) is 4.77. The molecule has 1 fully saturated rings. The van der Waals surface area contributed by atoms with E-state index in [-0.39, 0.29) is 11.7 Å². The van der Waals surface area contributed by atoms with E-state index in [2.05, 4.69) is 22.0 Å². The van der Waals surface area contributed by atoms with Crippen LogP contribution in [0.5, 0.6) is 0 Å². The van der Waals surface area contributed by atoms with E-state index in [1.54, 1.807) is 11.0 Å². The average Bonchev–Trinajstić information content (AvgIpc) is 3.31. The number of morpholine rings is 1. The lowest BCUT2D eigenvalue weighted by molar-refractivity contribution is 0.0376. The van der Waals surface area contributed by atoms with Crippen molar-refractivity contribution in [2.45, 2.75) is 12.8 Å². The number of hydrogen-bond acceptors (Lipinski definition) is 5. The van der Waals surface area contributed by atoms with Gasteiger partial charge in [0.05, 0.1) is 23.4 Å². The van der Waals surface area contributed by atoms with E-state index in [1.165, 1.54) is 29.0 Å². The first kappa shape index (κ1) is 23.6. The van der Waals surface area contributed by atoms with E-state index >= 15 is 0 Å². The predicted molar refractivity (Wildman–Crippen MR) is 139 cm³/mol. The summed E-state index contributed by atoms with van der Waals surface area (Å²) in [5, 5.41) is 0.603. The van der Waals surface area contributed by atoms with Crippen molar-refractivity contribution < 1.29 is 13.9 Å².